The second-order valence-corrected chi connectivity index (χ2v) is 8.12. The van der Waals surface area contributed by atoms with Crippen LogP contribution in [0.5, 0.6) is 5.75 Å². The molecule has 1 N–H and O–H groups in total. The first-order chi connectivity index (χ1) is 13.4. The van der Waals surface area contributed by atoms with Crippen molar-refractivity contribution in [1.82, 2.24) is 4.90 Å². The van der Waals surface area contributed by atoms with Gasteiger partial charge in [-0.25, -0.2) is 0 Å². The molecule has 0 spiro atoms. The van der Waals surface area contributed by atoms with Gasteiger partial charge in [0.05, 0.1) is 11.3 Å². The fourth-order valence-electron chi connectivity index (χ4n) is 3.20. The number of halogens is 1. The van der Waals surface area contributed by atoms with E-state index in [2.05, 4.69) is 28.2 Å². The summed E-state index contributed by atoms with van der Waals surface area (Å²) in [5.41, 5.74) is 2.07. The average Bonchev–Trinajstić information content (AvgIpc) is 2.69. The van der Waals surface area contributed by atoms with E-state index in [9.17, 15) is 9.59 Å². The third kappa shape index (κ3) is 5.13. The van der Waals surface area contributed by atoms with Gasteiger partial charge in [0, 0.05) is 17.6 Å². The molecule has 2 amide bonds. The number of ether oxygens (including phenoxy) is 1. The van der Waals surface area contributed by atoms with Gasteiger partial charge in [-0.2, -0.15) is 0 Å². The summed E-state index contributed by atoms with van der Waals surface area (Å²) in [4.78, 5) is 27.1. The van der Waals surface area contributed by atoms with Crippen molar-refractivity contribution in [2.45, 2.75) is 26.7 Å². The number of carbonyl (C=O) groups is 2. The zero-order valence-corrected chi connectivity index (χ0v) is 17.8. The third-order valence-electron chi connectivity index (χ3n) is 5.00. The Morgan fingerprint density at radius 3 is 2.61 bits per heavy atom. The smallest absolute Gasteiger partial charge is 0.262 e. The maximum atomic E-state index is 12.9. The van der Waals surface area contributed by atoms with Crippen molar-refractivity contribution in [3.8, 4) is 5.75 Å². The quantitative estimate of drug-likeness (QED) is 0.729. The number of hydrogen-bond donors (Lipinski definition) is 1. The molecule has 1 aliphatic heterocycles. The zero-order valence-electron chi connectivity index (χ0n) is 16.2. The Bertz CT molecular complexity index is 861. The summed E-state index contributed by atoms with van der Waals surface area (Å²) < 4.78 is 6.57. The predicted molar refractivity (Wildman–Crippen MR) is 114 cm³/mol. The van der Waals surface area contributed by atoms with Crippen molar-refractivity contribution >= 4 is 33.4 Å². The maximum absolute atomic E-state index is 12.9. The summed E-state index contributed by atoms with van der Waals surface area (Å²) in [5.74, 6) is 0.946. The summed E-state index contributed by atoms with van der Waals surface area (Å²) in [6.07, 6.45) is 2.03. The number of para-hydroxylation sites is 1. The number of rotatable bonds is 5. The minimum Gasteiger partial charge on any atom is -0.484 e. The molecule has 5 nitrogen and oxygen atoms in total. The zero-order chi connectivity index (χ0) is 20.1. The third-order valence-corrected chi connectivity index (χ3v) is 5.89. The van der Waals surface area contributed by atoms with Crippen LogP contribution in [0.4, 0.5) is 5.69 Å². The van der Waals surface area contributed by atoms with E-state index in [4.69, 9.17) is 4.74 Å². The van der Waals surface area contributed by atoms with Crippen molar-refractivity contribution in [3.63, 3.8) is 0 Å². The summed E-state index contributed by atoms with van der Waals surface area (Å²) in [7, 11) is 0. The van der Waals surface area contributed by atoms with Gasteiger partial charge in [0.15, 0.2) is 6.61 Å². The Hall–Kier alpha value is -2.34. The molecule has 148 valence electrons. The molecule has 2 aromatic carbocycles. The van der Waals surface area contributed by atoms with Crippen LogP contribution in [0.25, 0.3) is 0 Å². The summed E-state index contributed by atoms with van der Waals surface area (Å²) in [5, 5.41) is 2.81. The molecule has 0 bridgehead atoms. The second-order valence-electron chi connectivity index (χ2n) is 7.27. The molecular weight excluding hydrogens is 420 g/mol. The SMILES string of the molecule is Cc1cc(OCC(=O)Nc2ccccc2C(=O)N2CCC(C)CC2)ccc1Br. The predicted octanol–water partition coefficient (Wildman–Crippen LogP) is 4.65. The highest BCUT2D eigenvalue weighted by Gasteiger charge is 2.23. The van der Waals surface area contributed by atoms with Gasteiger partial charge >= 0.3 is 0 Å². The van der Waals surface area contributed by atoms with E-state index >= 15 is 0 Å². The number of amides is 2. The van der Waals surface area contributed by atoms with E-state index in [-0.39, 0.29) is 18.4 Å². The van der Waals surface area contributed by atoms with Crippen LogP contribution < -0.4 is 10.1 Å². The molecule has 3 rings (SSSR count). The topological polar surface area (TPSA) is 58.6 Å². The van der Waals surface area contributed by atoms with Crippen molar-refractivity contribution in [2.75, 3.05) is 25.0 Å². The molecular formula is C22H25BrN2O3. The highest BCUT2D eigenvalue weighted by molar-refractivity contribution is 9.10. The highest BCUT2D eigenvalue weighted by atomic mass is 79.9. The monoisotopic (exact) mass is 444 g/mol. The number of aryl methyl sites for hydroxylation is 1. The van der Waals surface area contributed by atoms with Gasteiger partial charge in [0.2, 0.25) is 0 Å². The van der Waals surface area contributed by atoms with Gasteiger partial charge in [-0.05, 0) is 61.6 Å². The molecule has 2 aromatic rings. The van der Waals surface area contributed by atoms with E-state index in [1.165, 1.54) is 0 Å². The van der Waals surface area contributed by atoms with Gasteiger partial charge in [0.25, 0.3) is 11.8 Å². The number of piperidine rings is 1. The molecule has 0 radical (unpaired) electrons. The Morgan fingerprint density at radius 1 is 1.18 bits per heavy atom. The van der Waals surface area contributed by atoms with Gasteiger partial charge in [-0.15, -0.1) is 0 Å². The van der Waals surface area contributed by atoms with Crippen LogP contribution in [0.1, 0.15) is 35.7 Å². The summed E-state index contributed by atoms with van der Waals surface area (Å²) in [6, 6.07) is 12.7. The van der Waals surface area contributed by atoms with Crippen LogP contribution >= 0.6 is 15.9 Å². The van der Waals surface area contributed by atoms with Crippen LogP contribution in [0.3, 0.4) is 0 Å². The molecule has 1 aliphatic rings. The Labute approximate surface area is 174 Å². The summed E-state index contributed by atoms with van der Waals surface area (Å²) in [6.45, 7) is 5.57. The number of carbonyl (C=O) groups excluding carboxylic acids is 2. The number of hydrogen-bond acceptors (Lipinski definition) is 3. The second kappa shape index (κ2) is 9.24. The standard InChI is InChI=1S/C22H25BrN2O3/c1-15-9-11-25(12-10-15)22(27)18-5-3-4-6-20(18)24-21(26)14-28-17-7-8-19(23)16(2)13-17/h3-8,13,15H,9-12,14H2,1-2H3,(H,24,26). The highest BCUT2D eigenvalue weighted by Crippen LogP contribution is 2.23. The lowest BCUT2D eigenvalue weighted by Crippen LogP contribution is -2.38. The Kier molecular flexibility index (Phi) is 6.73. The largest absolute Gasteiger partial charge is 0.484 e. The molecule has 28 heavy (non-hydrogen) atoms. The summed E-state index contributed by atoms with van der Waals surface area (Å²) >= 11 is 3.44. The van der Waals surface area contributed by atoms with Crippen LogP contribution in [0, 0.1) is 12.8 Å². The van der Waals surface area contributed by atoms with Crippen LogP contribution in [-0.2, 0) is 4.79 Å². The molecule has 0 atom stereocenters. The first-order valence-electron chi connectivity index (χ1n) is 9.51. The molecule has 0 saturated carbocycles. The molecule has 1 fully saturated rings. The van der Waals surface area contributed by atoms with E-state index in [0.717, 1.165) is 36.0 Å². The lowest BCUT2D eigenvalue weighted by atomic mass is 9.98. The molecule has 0 aliphatic carbocycles. The molecule has 1 heterocycles. The van der Waals surface area contributed by atoms with Gasteiger partial charge in [0.1, 0.15) is 5.75 Å². The average molecular weight is 445 g/mol. The molecule has 0 aromatic heterocycles. The van der Waals surface area contributed by atoms with Crippen molar-refractivity contribution in [2.24, 2.45) is 5.92 Å². The fourth-order valence-corrected chi connectivity index (χ4v) is 3.45. The van der Waals surface area contributed by atoms with Gasteiger partial charge in [-0.1, -0.05) is 35.0 Å². The van der Waals surface area contributed by atoms with E-state index in [1.54, 1.807) is 18.2 Å². The minimum atomic E-state index is -0.298. The van der Waals surface area contributed by atoms with E-state index < -0.39 is 0 Å². The van der Waals surface area contributed by atoms with Crippen molar-refractivity contribution in [3.05, 3.63) is 58.1 Å². The molecule has 6 heteroatoms. The number of nitrogens with one attached hydrogen (secondary N) is 1. The van der Waals surface area contributed by atoms with Crippen LogP contribution in [-0.4, -0.2) is 36.4 Å². The molecule has 0 unspecified atom stereocenters. The van der Waals surface area contributed by atoms with Crippen molar-refractivity contribution < 1.29 is 14.3 Å². The van der Waals surface area contributed by atoms with Crippen LogP contribution in [0.15, 0.2) is 46.9 Å². The normalized spacial score (nSPS) is 14.6. The van der Waals surface area contributed by atoms with Gasteiger partial charge in [-0.3, -0.25) is 9.59 Å². The van der Waals surface area contributed by atoms with E-state index in [1.807, 2.05) is 36.1 Å². The number of benzene rings is 2. The lowest BCUT2D eigenvalue weighted by Gasteiger charge is -2.30. The lowest BCUT2D eigenvalue weighted by molar-refractivity contribution is -0.118. The van der Waals surface area contributed by atoms with Crippen LogP contribution in [0.2, 0.25) is 0 Å². The number of nitrogens with zero attached hydrogens (tertiary/aromatic N) is 1. The van der Waals surface area contributed by atoms with Crippen molar-refractivity contribution in [1.29, 1.82) is 0 Å². The Morgan fingerprint density at radius 2 is 1.89 bits per heavy atom. The maximum Gasteiger partial charge on any atom is 0.262 e. The minimum absolute atomic E-state index is 0.0350. The first kappa shape index (κ1) is 20.4. The number of likely N-dealkylation sites (tertiary alicyclic amines) is 1. The van der Waals surface area contributed by atoms with Gasteiger partial charge < -0.3 is 15.0 Å². The molecule has 1 saturated heterocycles. The Balaban J connectivity index is 1.63. The number of anilines is 1. The van der Waals surface area contributed by atoms with E-state index in [0.29, 0.717) is 22.9 Å². The fraction of sp³-hybridized carbons (Fsp3) is 0.364. The first-order valence-corrected chi connectivity index (χ1v) is 10.3.